The van der Waals surface area contributed by atoms with Crippen molar-refractivity contribution >= 4 is 17.2 Å². The topological polar surface area (TPSA) is 85.9 Å². The molecule has 0 amide bonds. The van der Waals surface area contributed by atoms with Crippen LogP contribution in [0.5, 0.6) is 0 Å². The summed E-state index contributed by atoms with van der Waals surface area (Å²) in [6.45, 7) is 2.96. The number of nitrogens with zero attached hydrogens (tertiary/aromatic N) is 4. The monoisotopic (exact) mass is 365 g/mol. The second-order valence-corrected chi connectivity index (χ2v) is 6.37. The van der Waals surface area contributed by atoms with Crippen LogP contribution in [0, 0.1) is 10.1 Å². The number of unbranched alkanes of at least 4 members (excludes halogenated alkanes) is 3. The van der Waals surface area contributed by atoms with E-state index in [4.69, 9.17) is 0 Å². The standard InChI is InChI=1S/C20H23N5O2/c1-2-3-4-8-15-24-20(19(22-23-24)16-9-6-5-7-10-16)21-17-11-13-18(14-12-17)25(26)27/h5-7,9-14,21H,2-4,8,15H2,1H3. The van der Waals surface area contributed by atoms with E-state index >= 15 is 0 Å². The SMILES string of the molecule is CCCCCCn1nnc(-c2ccccc2)c1Nc1ccc([N+](=O)[O-])cc1. The zero-order valence-electron chi connectivity index (χ0n) is 15.3. The number of aromatic nitrogens is 3. The normalized spacial score (nSPS) is 10.7. The minimum absolute atomic E-state index is 0.0648. The van der Waals surface area contributed by atoms with E-state index < -0.39 is 4.92 Å². The highest BCUT2D eigenvalue weighted by atomic mass is 16.6. The van der Waals surface area contributed by atoms with Gasteiger partial charge in [0, 0.05) is 29.9 Å². The fraction of sp³-hybridized carbons (Fsp3) is 0.300. The first-order valence-corrected chi connectivity index (χ1v) is 9.19. The average Bonchev–Trinajstić information content (AvgIpc) is 3.09. The van der Waals surface area contributed by atoms with Gasteiger partial charge in [-0.05, 0) is 18.6 Å². The van der Waals surface area contributed by atoms with Crippen molar-refractivity contribution in [2.24, 2.45) is 0 Å². The van der Waals surface area contributed by atoms with Gasteiger partial charge in [0.15, 0.2) is 5.82 Å². The number of nitro groups is 1. The number of aryl methyl sites for hydroxylation is 1. The Balaban J connectivity index is 1.87. The van der Waals surface area contributed by atoms with E-state index in [9.17, 15) is 10.1 Å². The Bertz CT molecular complexity index is 875. The van der Waals surface area contributed by atoms with Crippen molar-refractivity contribution in [3.05, 3.63) is 64.7 Å². The van der Waals surface area contributed by atoms with Crippen LogP contribution in [0.15, 0.2) is 54.6 Å². The molecule has 1 aromatic heterocycles. The lowest BCUT2D eigenvalue weighted by atomic mass is 10.1. The van der Waals surface area contributed by atoms with Crippen molar-refractivity contribution in [3.63, 3.8) is 0 Å². The second-order valence-electron chi connectivity index (χ2n) is 6.37. The summed E-state index contributed by atoms with van der Waals surface area (Å²) in [5, 5.41) is 22.9. The molecule has 0 aliphatic heterocycles. The zero-order valence-corrected chi connectivity index (χ0v) is 15.3. The third-order valence-electron chi connectivity index (χ3n) is 4.35. The number of nitro benzene ring substituents is 1. The van der Waals surface area contributed by atoms with E-state index in [-0.39, 0.29) is 5.69 Å². The smallest absolute Gasteiger partial charge is 0.269 e. The van der Waals surface area contributed by atoms with Gasteiger partial charge in [-0.1, -0.05) is 61.7 Å². The molecule has 0 unspecified atom stereocenters. The van der Waals surface area contributed by atoms with Gasteiger partial charge in [-0.2, -0.15) is 0 Å². The van der Waals surface area contributed by atoms with E-state index in [1.165, 1.54) is 25.0 Å². The van der Waals surface area contributed by atoms with Crippen LogP contribution in [-0.2, 0) is 6.54 Å². The molecule has 1 N–H and O–H groups in total. The van der Waals surface area contributed by atoms with E-state index in [2.05, 4.69) is 22.6 Å². The van der Waals surface area contributed by atoms with Crippen LogP contribution in [0.1, 0.15) is 32.6 Å². The second kappa shape index (κ2) is 8.93. The Morgan fingerprint density at radius 3 is 2.44 bits per heavy atom. The molecule has 27 heavy (non-hydrogen) atoms. The highest BCUT2D eigenvalue weighted by molar-refractivity contribution is 5.75. The number of nitrogens with one attached hydrogen (secondary N) is 1. The Labute approximate surface area is 158 Å². The first kappa shape index (κ1) is 18.6. The first-order chi connectivity index (χ1) is 13.2. The van der Waals surface area contributed by atoms with Crippen LogP contribution in [0.4, 0.5) is 17.2 Å². The minimum Gasteiger partial charge on any atom is -0.339 e. The summed E-state index contributed by atoms with van der Waals surface area (Å²) in [6.07, 6.45) is 4.56. The van der Waals surface area contributed by atoms with Gasteiger partial charge in [0.05, 0.1) is 4.92 Å². The molecule has 7 nitrogen and oxygen atoms in total. The quantitative estimate of drug-likeness (QED) is 0.321. The molecular formula is C20H23N5O2. The molecule has 0 fully saturated rings. The molecule has 0 spiro atoms. The van der Waals surface area contributed by atoms with Crippen molar-refractivity contribution in [1.29, 1.82) is 0 Å². The van der Waals surface area contributed by atoms with Crippen molar-refractivity contribution in [2.45, 2.75) is 39.2 Å². The molecule has 3 aromatic rings. The predicted octanol–water partition coefficient (Wildman–Crippen LogP) is 5.18. The number of hydrogen-bond donors (Lipinski definition) is 1. The summed E-state index contributed by atoms with van der Waals surface area (Å²) < 4.78 is 1.87. The molecule has 0 atom stereocenters. The Kier molecular flexibility index (Phi) is 6.14. The molecule has 0 radical (unpaired) electrons. The molecule has 0 saturated heterocycles. The number of rotatable bonds is 9. The molecule has 1 heterocycles. The van der Waals surface area contributed by atoms with Crippen LogP contribution in [0.25, 0.3) is 11.3 Å². The Morgan fingerprint density at radius 1 is 1.04 bits per heavy atom. The average molecular weight is 365 g/mol. The van der Waals surface area contributed by atoms with E-state index in [1.54, 1.807) is 12.1 Å². The van der Waals surface area contributed by atoms with Crippen LogP contribution < -0.4 is 5.32 Å². The lowest BCUT2D eigenvalue weighted by Crippen LogP contribution is -2.06. The maximum atomic E-state index is 10.9. The summed E-state index contributed by atoms with van der Waals surface area (Å²) in [6, 6.07) is 16.2. The molecule has 0 bridgehead atoms. The highest BCUT2D eigenvalue weighted by Crippen LogP contribution is 2.29. The number of anilines is 2. The van der Waals surface area contributed by atoms with Gasteiger partial charge in [0.1, 0.15) is 5.69 Å². The van der Waals surface area contributed by atoms with E-state index in [1.807, 2.05) is 35.0 Å². The molecule has 140 valence electrons. The summed E-state index contributed by atoms with van der Waals surface area (Å²) in [4.78, 5) is 10.5. The van der Waals surface area contributed by atoms with Crippen molar-refractivity contribution in [2.75, 3.05) is 5.32 Å². The largest absolute Gasteiger partial charge is 0.339 e. The van der Waals surface area contributed by atoms with Gasteiger partial charge in [-0.3, -0.25) is 10.1 Å². The van der Waals surface area contributed by atoms with Gasteiger partial charge < -0.3 is 5.32 Å². The van der Waals surface area contributed by atoms with Crippen molar-refractivity contribution in [1.82, 2.24) is 15.0 Å². The van der Waals surface area contributed by atoms with Crippen LogP contribution in [0.3, 0.4) is 0 Å². The third-order valence-corrected chi connectivity index (χ3v) is 4.35. The number of hydrogen-bond acceptors (Lipinski definition) is 5. The van der Waals surface area contributed by atoms with Crippen molar-refractivity contribution in [3.8, 4) is 11.3 Å². The number of benzene rings is 2. The molecular weight excluding hydrogens is 342 g/mol. The van der Waals surface area contributed by atoms with Crippen LogP contribution in [0.2, 0.25) is 0 Å². The van der Waals surface area contributed by atoms with Gasteiger partial charge in [-0.25, -0.2) is 4.68 Å². The van der Waals surface area contributed by atoms with E-state index in [0.29, 0.717) is 0 Å². The predicted molar refractivity (Wildman–Crippen MR) is 106 cm³/mol. The molecule has 2 aromatic carbocycles. The fourth-order valence-corrected chi connectivity index (χ4v) is 2.88. The molecule has 7 heteroatoms. The summed E-state index contributed by atoms with van der Waals surface area (Å²) in [5.41, 5.74) is 2.57. The molecule has 0 aliphatic rings. The van der Waals surface area contributed by atoms with Crippen molar-refractivity contribution < 1.29 is 4.92 Å². The minimum atomic E-state index is -0.404. The summed E-state index contributed by atoms with van der Waals surface area (Å²) in [5.74, 6) is 0.798. The first-order valence-electron chi connectivity index (χ1n) is 9.19. The van der Waals surface area contributed by atoms with Gasteiger partial charge in [-0.15, -0.1) is 5.10 Å². The lowest BCUT2D eigenvalue weighted by molar-refractivity contribution is -0.384. The van der Waals surface area contributed by atoms with Gasteiger partial charge in [0.25, 0.3) is 5.69 Å². The van der Waals surface area contributed by atoms with Gasteiger partial charge >= 0.3 is 0 Å². The highest BCUT2D eigenvalue weighted by Gasteiger charge is 2.15. The third kappa shape index (κ3) is 4.69. The molecule has 3 rings (SSSR count). The molecule has 0 aliphatic carbocycles. The number of non-ortho nitro benzene ring substituents is 1. The van der Waals surface area contributed by atoms with Crippen LogP contribution in [-0.4, -0.2) is 19.9 Å². The molecule has 0 saturated carbocycles. The van der Waals surface area contributed by atoms with Gasteiger partial charge in [0.2, 0.25) is 0 Å². The zero-order chi connectivity index (χ0) is 19.1. The van der Waals surface area contributed by atoms with E-state index in [0.717, 1.165) is 42.1 Å². The van der Waals surface area contributed by atoms with Crippen LogP contribution >= 0.6 is 0 Å². The maximum Gasteiger partial charge on any atom is 0.269 e. The Hall–Kier alpha value is -3.22. The summed E-state index contributed by atoms with van der Waals surface area (Å²) in [7, 11) is 0. The lowest BCUT2D eigenvalue weighted by Gasteiger charge is -2.11. The Morgan fingerprint density at radius 2 is 1.78 bits per heavy atom. The fourth-order valence-electron chi connectivity index (χ4n) is 2.88. The maximum absolute atomic E-state index is 10.9. The summed E-state index contributed by atoms with van der Waals surface area (Å²) >= 11 is 0.